The van der Waals surface area contributed by atoms with Gasteiger partial charge in [0.2, 0.25) is 10.0 Å². The van der Waals surface area contributed by atoms with Crippen LogP contribution in [0.3, 0.4) is 0 Å². The summed E-state index contributed by atoms with van der Waals surface area (Å²) in [5.74, 6) is 0.0105. The van der Waals surface area contributed by atoms with E-state index in [1.54, 1.807) is 38.1 Å². The molecule has 0 heterocycles. The molecule has 0 aliphatic heterocycles. The van der Waals surface area contributed by atoms with Gasteiger partial charge in [0.05, 0.1) is 11.4 Å². The van der Waals surface area contributed by atoms with Crippen LogP contribution < -0.4 is 15.4 Å². The molecule has 0 aromatic heterocycles. The topological polar surface area (TPSA) is 87.3 Å². The molecule has 0 unspecified atom stereocenters. The van der Waals surface area contributed by atoms with Gasteiger partial charge in [-0.2, -0.15) is 0 Å². The average molecular weight is 339 g/mol. The molecule has 0 fully saturated rings. The summed E-state index contributed by atoms with van der Waals surface area (Å²) in [4.78, 5) is 12.0. The minimum atomic E-state index is -3.32. The maximum absolute atomic E-state index is 12.0. The van der Waals surface area contributed by atoms with Crippen molar-refractivity contribution in [1.82, 2.24) is 5.32 Å². The van der Waals surface area contributed by atoms with Crippen LogP contribution in [-0.2, 0) is 10.0 Å². The van der Waals surface area contributed by atoms with E-state index in [1.165, 1.54) is 0 Å². The Labute approximate surface area is 138 Å². The fraction of sp³-hybridized carbons (Fsp3) is 0.438. The molecule has 1 atom stereocenters. The van der Waals surface area contributed by atoms with Gasteiger partial charge in [0, 0.05) is 11.7 Å². The standard InChI is InChI=1S/C16H25N3O3S/c1-5-8-13(6-2)17-16(20)18-14-9-10-15(12(4)11-14)19-23(21,22)7-3/h5,9-11,13,19H,1,6-8H2,2-4H3,(H2,17,18,20)/t13-/m1/s1. The second kappa shape index (κ2) is 8.57. The van der Waals surface area contributed by atoms with Gasteiger partial charge in [-0.25, -0.2) is 13.2 Å². The summed E-state index contributed by atoms with van der Waals surface area (Å²) in [6.45, 7) is 9.02. The first-order chi connectivity index (χ1) is 10.8. The van der Waals surface area contributed by atoms with Crippen molar-refractivity contribution in [1.29, 1.82) is 0 Å². The van der Waals surface area contributed by atoms with Crippen LogP contribution in [0.2, 0.25) is 0 Å². The first kappa shape index (κ1) is 19.0. The van der Waals surface area contributed by atoms with E-state index in [2.05, 4.69) is 21.9 Å². The van der Waals surface area contributed by atoms with Crippen LogP contribution in [0.25, 0.3) is 0 Å². The normalized spacial score (nSPS) is 12.3. The average Bonchev–Trinajstić information content (AvgIpc) is 2.49. The Morgan fingerprint density at radius 1 is 1.35 bits per heavy atom. The highest BCUT2D eigenvalue weighted by Crippen LogP contribution is 2.20. The second-order valence-electron chi connectivity index (χ2n) is 5.26. The first-order valence-corrected chi connectivity index (χ1v) is 9.26. The quantitative estimate of drug-likeness (QED) is 0.635. The Kier molecular flexibility index (Phi) is 7.09. The van der Waals surface area contributed by atoms with Gasteiger partial charge in [-0.15, -0.1) is 6.58 Å². The van der Waals surface area contributed by atoms with Crippen LogP contribution in [0.5, 0.6) is 0 Å². The summed E-state index contributed by atoms with van der Waals surface area (Å²) < 4.78 is 25.7. The number of urea groups is 1. The SMILES string of the molecule is C=CC[C@@H](CC)NC(=O)Nc1ccc(NS(=O)(=O)CC)c(C)c1. The van der Waals surface area contributed by atoms with Crippen molar-refractivity contribution in [2.24, 2.45) is 0 Å². The number of anilines is 2. The van der Waals surface area contributed by atoms with Crippen LogP contribution in [0.1, 0.15) is 32.3 Å². The van der Waals surface area contributed by atoms with Crippen molar-refractivity contribution in [3.63, 3.8) is 0 Å². The van der Waals surface area contributed by atoms with Gasteiger partial charge in [-0.3, -0.25) is 4.72 Å². The van der Waals surface area contributed by atoms with Crippen molar-refractivity contribution in [3.05, 3.63) is 36.4 Å². The maximum atomic E-state index is 12.0. The molecule has 23 heavy (non-hydrogen) atoms. The van der Waals surface area contributed by atoms with Gasteiger partial charge in [-0.1, -0.05) is 13.0 Å². The van der Waals surface area contributed by atoms with Crippen molar-refractivity contribution in [2.45, 2.75) is 39.7 Å². The Morgan fingerprint density at radius 2 is 2.04 bits per heavy atom. The minimum absolute atomic E-state index is 0.0105. The molecule has 0 spiro atoms. The number of carbonyl (C=O) groups is 1. The highest BCUT2D eigenvalue weighted by atomic mass is 32.2. The zero-order valence-electron chi connectivity index (χ0n) is 13.8. The molecule has 1 rings (SSSR count). The molecule has 7 heteroatoms. The Morgan fingerprint density at radius 3 is 2.57 bits per heavy atom. The van der Waals surface area contributed by atoms with Gasteiger partial charge in [0.15, 0.2) is 0 Å². The number of benzene rings is 1. The summed E-state index contributed by atoms with van der Waals surface area (Å²) in [5, 5.41) is 5.61. The highest BCUT2D eigenvalue weighted by molar-refractivity contribution is 7.92. The van der Waals surface area contributed by atoms with Gasteiger partial charge in [0.1, 0.15) is 0 Å². The molecule has 0 bridgehead atoms. The monoisotopic (exact) mass is 339 g/mol. The largest absolute Gasteiger partial charge is 0.335 e. The number of rotatable bonds is 8. The van der Waals surface area contributed by atoms with E-state index in [0.717, 1.165) is 12.0 Å². The molecule has 0 aliphatic carbocycles. The number of hydrogen-bond acceptors (Lipinski definition) is 3. The molecule has 6 nitrogen and oxygen atoms in total. The van der Waals surface area contributed by atoms with E-state index in [9.17, 15) is 13.2 Å². The van der Waals surface area contributed by atoms with E-state index in [4.69, 9.17) is 0 Å². The molecule has 0 saturated carbocycles. The summed E-state index contributed by atoms with van der Waals surface area (Å²) in [7, 11) is -3.32. The Balaban J connectivity index is 2.74. The predicted octanol–water partition coefficient (Wildman–Crippen LogP) is 3.23. The fourth-order valence-corrected chi connectivity index (χ4v) is 2.69. The number of amides is 2. The van der Waals surface area contributed by atoms with Gasteiger partial charge in [0.25, 0.3) is 0 Å². The maximum Gasteiger partial charge on any atom is 0.319 e. The lowest BCUT2D eigenvalue weighted by atomic mass is 10.1. The number of nitrogens with one attached hydrogen (secondary N) is 3. The zero-order chi connectivity index (χ0) is 17.5. The van der Waals surface area contributed by atoms with Crippen LogP contribution >= 0.6 is 0 Å². The second-order valence-corrected chi connectivity index (χ2v) is 7.27. The van der Waals surface area contributed by atoms with E-state index in [-0.39, 0.29) is 17.8 Å². The van der Waals surface area contributed by atoms with Crippen molar-refractivity contribution >= 4 is 27.4 Å². The number of aryl methyl sites for hydroxylation is 1. The van der Waals surface area contributed by atoms with Crippen LogP contribution in [0, 0.1) is 6.92 Å². The molecule has 2 amide bonds. The summed E-state index contributed by atoms with van der Waals surface area (Å²) in [6.07, 6.45) is 3.30. The molecule has 0 saturated heterocycles. The lowest BCUT2D eigenvalue weighted by Crippen LogP contribution is -2.37. The summed E-state index contributed by atoms with van der Waals surface area (Å²) in [5.41, 5.74) is 1.85. The van der Waals surface area contributed by atoms with E-state index >= 15 is 0 Å². The van der Waals surface area contributed by atoms with Crippen LogP contribution in [0.4, 0.5) is 16.2 Å². The lowest BCUT2D eigenvalue weighted by Gasteiger charge is -2.16. The number of hydrogen-bond donors (Lipinski definition) is 3. The molecular formula is C16H25N3O3S. The van der Waals surface area contributed by atoms with E-state index in [1.807, 2.05) is 6.92 Å². The highest BCUT2D eigenvalue weighted by Gasteiger charge is 2.11. The summed E-state index contributed by atoms with van der Waals surface area (Å²) >= 11 is 0. The third-order valence-corrected chi connectivity index (χ3v) is 4.70. The van der Waals surface area contributed by atoms with Crippen LogP contribution in [-0.4, -0.2) is 26.2 Å². The third kappa shape index (κ3) is 6.32. The molecule has 1 aromatic carbocycles. The lowest BCUT2D eigenvalue weighted by molar-refractivity contribution is 0.248. The Bertz CT molecular complexity index is 657. The van der Waals surface area contributed by atoms with Crippen molar-refractivity contribution in [2.75, 3.05) is 15.8 Å². The number of sulfonamides is 1. The molecule has 128 valence electrons. The van der Waals surface area contributed by atoms with Gasteiger partial charge in [-0.05, 0) is 50.5 Å². The van der Waals surface area contributed by atoms with Gasteiger partial charge >= 0.3 is 6.03 Å². The molecule has 0 radical (unpaired) electrons. The van der Waals surface area contributed by atoms with Gasteiger partial charge < -0.3 is 10.6 Å². The fourth-order valence-electron chi connectivity index (χ4n) is 1.98. The Hall–Kier alpha value is -2.02. The molecular weight excluding hydrogens is 314 g/mol. The van der Waals surface area contributed by atoms with E-state index in [0.29, 0.717) is 17.8 Å². The smallest absolute Gasteiger partial charge is 0.319 e. The van der Waals surface area contributed by atoms with Crippen molar-refractivity contribution < 1.29 is 13.2 Å². The van der Waals surface area contributed by atoms with Crippen molar-refractivity contribution in [3.8, 4) is 0 Å². The molecule has 0 aliphatic rings. The zero-order valence-corrected chi connectivity index (χ0v) is 14.7. The van der Waals surface area contributed by atoms with Crippen LogP contribution in [0.15, 0.2) is 30.9 Å². The summed E-state index contributed by atoms with van der Waals surface area (Å²) in [6, 6.07) is 4.78. The molecule has 3 N–H and O–H groups in total. The third-order valence-electron chi connectivity index (χ3n) is 3.41. The first-order valence-electron chi connectivity index (χ1n) is 7.60. The van der Waals surface area contributed by atoms with E-state index < -0.39 is 10.0 Å². The molecule has 1 aromatic rings. The number of carbonyl (C=O) groups excluding carboxylic acids is 1. The predicted molar refractivity (Wildman–Crippen MR) is 95.3 cm³/mol. The minimum Gasteiger partial charge on any atom is -0.335 e.